The van der Waals surface area contributed by atoms with Crippen molar-refractivity contribution < 1.29 is 0 Å². The Kier molecular flexibility index (Phi) is 2.91. The van der Waals surface area contributed by atoms with Gasteiger partial charge in [-0.15, -0.1) is 0 Å². The van der Waals surface area contributed by atoms with E-state index in [9.17, 15) is 0 Å². The van der Waals surface area contributed by atoms with Crippen molar-refractivity contribution >= 4 is 17.1 Å². The Morgan fingerprint density at radius 2 is 1.95 bits per heavy atom. The second-order valence-corrected chi connectivity index (χ2v) is 4.72. The van der Waals surface area contributed by atoms with Crippen LogP contribution in [0.15, 0.2) is 48.7 Å². The minimum absolute atomic E-state index is 0.224. The minimum Gasteiger partial charge on any atom is -0.369 e. The molecule has 2 heterocycles. The summed E-state index contributed by atoms with van der Waals surface area (Å²) < 4.78 is 2.00. The Hall–Kier alpha value is -2.36. The summed E-state index contributed by atoms with van der Waals surface area (Å²) in [6.45, 7) is 2.14. The van der Waals surface area contributed by atoms with Crippen LogP contribution in [0.5, 0.6) is 0 Å². The van der Waals surface area contributed by atoms with Gasteiger partial charge in [-0.05, 0) is 31.0 Å². The van der Waals surface area contributed by atoms with E-state index in [1.54, 1.807) is 6.20 Å². The standard InChI is InChI=1S/C15H16N4/c1-11(10-12-6-3-2-4-7-12)19-14-13(18-15(19)16)8-5-9-17-14/h2-9,11H,10H2,1H3,(H2,16,18). The first-order valence-electron chi connectivity index (χ1n) is 6.38. The normalized spacial score (nSPS) is 12.7. The monoisotopic (exact) mass is 252 g/mol. The van der Waals surface area contributed by atoms with E-state index in [-0.39, 0.29) is 6.04 Å². The lowest BCUT2D eigenvalue weighted by Gasteiger charge is -2.15. The van der Waals surface area contributed by atoms with Gasteiger partial charge in [0.2, 0.25) is 5.95 Å². The summed E-state index contributed by atoms with van der Waals surface area (Å²) >= 11 is 0. The predicted octanol–water partition coefficient (Wildman–Crippen LogP) is 2.82. The van der Waals surface area contributed by atoms with Crippen LogP contribution in [-0.4, -0.2) is 14.5 Å². The maximum absolute atomic E-state index is 6.02. The molecule has 96 valence electrons. The molecule has 0 bridgehead atoms. The number of hydrogen-bond acceptors (Lipinski definition) is 3. The van der Waals surface area contributed by atoms with E-state index < -0.39 is 0 Å². The van der Waals surface area contributed by atoms with E-state index in [0.29, 0.717) is 5.95 Å². The van der Waals surface area contributed by atoms with Crippen molar-refractivity contribution in [2.45, 2.75) is 19.4 Å². The quantitative estimate of drug-likeness (QED) is 0.779. The number of nitrogens with zero attached hydrogens (tertiary/aromatic N) is 3. The van der Waals surface area contributed by atoms with E-state index >= 15 is 0 Å². The van der Waals surface area contributed by atoms with Crippen LogP contribution in [0.25, 0.3) is 11.2 Å². The van der Waals surface area contributed by atoms with Gasteiger partial charge in [-0.2, -0.15) is 0 Å². The van der Waals surface area contributed by atoms with E-state index in [0.717, 1.165) is 17.6 Å². The number of nitrogens with two attached hydrogens (primary N) is 1. The van der Waals surface area contributed by atoms with E-state index in [4.69, 9.17) is 5.73 Å². The molecule has 0 aliphatic carbocycles. The number of fused-ring (bicyclic) bond motifs is 1. The average Bonchev–Trinajstić information content (AvgIpc) is 2.75. The van der Waals surface area contributed by atoms with Crippen LogP contribution >= 0.6 is 0 Å². The highest BCUT2D eigenvalue weighted by atomic mass is 15.2. The number of hydrogen-bond donors (Lipinski definition) is 1. The molecule has 0 spiro atoms. The number of rotatable bonds is 3. The Morgan fingerprint density at radius 3 is 2.74 bits per heavy atom. The van der Waals surface area contributed by atoms with Crippen molar-refractivity contribution in [2.75, 3.05) is 5.73 Å². The van der Waals surface area contributed by atoms with Gasteiger partial charge in [-0.3, -0.25) is 4.57 Å². The average molecular weight is 252 g/mol. The van der Waals surface area contributed by atoms with Crippen LogP contribution < -0.4 is 5.73 Å². The van der Waals surface area contributed by atoms with Gasteiger partial charge in [-0.25, -0.2) is 9.97 Å². The molecule has 1 unspecified atom stereocenters. The number of imidazole rings is 1. The fourth-order valence-corrected chi connectivity index (χ4v) is 2.43. The smallest absolute Gasteiger partial charge is 0.202 e. The Bertz CT molecular complexity index is 688. The van der Waals surface area contributed by atoms with Gasteiger partial charge in [0.25, 0.3) is 0 Å². The molecule has 2 aromatic heterocycles. The minimum atomic E-state index is 0.224. The Balaban J connectivity index is 1.97. The zero-order valence-electron chi connectivity index (χ0n) is 10.8. The van der Waals surface area contributed by atoms with E-state index in [2.05, 4.69) is 41.2 Å². The molecule has 0 amide bonds. The molecular formula is C15H16N4. The largest absolute Gasteiger partial charge is 0.369 e. The third-order valence-corrected chi connectivity index (χ3v) is 3.29. The highest BCUT2D eigenvalue weighted by Gasteiger charge is 2.14. The van der Waals surface area contributed by atoms with Gasteiger partial charge in [0, 0.05) is 12.2 Å². The van der Waals surface area contributed by atoms with Crippen LogP contribution in [0.3, 0.4) is 0 Å². The zero-order chi connectivity index (χ0) is 13.2. The maximum atomic E-state index is 6.02. The molecule has 0 saturated heterocycles. The Morgan fingerprint density at radius 1 is 1.16 bits per heavy atom. The summed E-state index contributed by atoms with van der Waals surface area (Å²) in [5.74, 6) is 0.525. The van der Waals surface area contributed by atoms with Gasteiger partial charge in [0.05, 0.1) is 0 Å². The lowest BCUT2D eigenvalue weighted by Crippen LogP contribution is -2.11. The van der Waals surface area contributed by atoms with Crippen molar-refractivity contribution in [2.24, 2.45) is 0 Å². The first-order valence-corrected chi connectivity index (χ1v) is 6.38. The molecule has 3 aromatic rings. The molecular weight excluding hydrogens is 236 g/mol. The fraction of sp³-hybridized carbons (Fsp3) is 0.200. The molecule has 19 heavy (non-hydrogen) atoms. The zero-order valence-corrected chi connectivity index (χ0v) is 10.8. The number of benzene rings is 1. The molecule has 0 fully saturated rings. The molecule has 4 heteroatoms. The third-order valence-electron chi connectivity index (χ3n) is 3.29. The number of aromatic nitrogens is 3. The molecule has 1 atom stereocenters. The summed E-state index contributed by atoms with van der Waals surface area (Å²) in [5.41, 5.74) is 9.00. The van der Waals surface area contributed by atoms with Crippen LogP contribution in [0.1, 0.15) is 18.5 Å². The van der Waals surface area contributed by atoms with Gasteiger partial charge >= 0.3 is 0 Å². The van der Waals surface area contributed by atoms with Crippen LogP contribution in [0.2, 0.25) is 0 Å². The lowest BCUT2D eigenvalue weighted by atomic mass is 10.1. The van der Waals surface area contributed by atoms with Crippen molar-refractivity contribution in [1.29, 1.82) is 0 Å². The molecule has 4 nitrogen and oxygen atoms in total. The first kappa shape index (κ1) is 11.7. The molecule has 0 radical (unpaired) electrons. The first-order chi connectivity index (χ1) is 9.25. The molecule has 0 aliphatic heterocycles. The highest BCUT2D eigenvalue weighted by Crippen LogP contribution is 2.23. The third kappa shape index (κ3) is 2.17. The summed E-state index contributed by atoms with van der Waals surface area (Å²) in [6, 6.07) is 14.4. The van der Waals surface area contributed by atoms with Crippen molar-refractivity contribution in [3.8, 4) is 0 Å². The summed E-state index contributed by atoms with van der Waals surface area (Å²) in [5, 5.41) is 0. The topological polar surface area (TPSA) is 56.7 Å². The van der Waals surface area contributed by atoms with Gasteiger partial charge in [0.15, 0.2) is 5.65 Å². The summed E-state index contributed by atoms with van der Waals surface area (Å²) in [6.07, 6.45) is 2.68. The molecule has 0 aliphatic rings. The van der Waals surface area contributed by atoms with Crippen LogP contribution in [0, 0.1) is 0 Å². The molecule has 0 saturated carbocycles. The van der Waals surface area contributed by atoms with Crippen LogP contribution in [-0.2, 0) is 6.42 Å². The molecule has 1 aromatic carbocycles. The highest BCUT2D eigenvalue weighted by molar-refractivity contribution is 5.73. The van der Waals surface area contributed by atoms with Gasteiger partial charge in [0.1, 0.15) is 5.52 Å². The molecule has 3 rings (SSSR count). The number of nitrogen functional groups attached to an aromatic ring is 1. The SMILES string of the molecule is CC(Cc1ccccc1)n1c(N)nc2cccnc21. The van der Waals surface area contributed by atoms with E-state index in [1.807, 2.05) is 22.8 Å². The van der Waals surface area contributed by atoms with Crippen molar-refractivity contribution in [1.82, 2.24) is 14.5 Å². The van der Waals surface area contributed by atoms with Crippen LogP contribution in [0.4, 0.5) is 5.95 Å². The summed E-state index contributed by atoms with van der Waals surface area (Å²) in [7, 11) is 0. The fourth-order valence-electron chi connectivity index (χ4n) is 2.43. The number of pyridine rings is 1. The molecule has 2 N–H and O–H groups in total. The second-order valence-electron chi connectivity index (χ2n) is 4.72. The second kappa shape index (κ2) is 4.72. The van der Waals surface area contributed by atoms with Gasteiger partial charge in [-0.1, -0.05) is 30.3 Å². The Labute approximate surface area is 111 Å². The van der Waals surface area contributed by atoms with Crippen molar-refractivity contribution in [3.05, 3.63) is 54.2 Å². The van der Waals surface area contributed by atoms with E-state index in [1.165, 1.54) is 5.56 Å². The summed E-state index contributed by atoms with van der Waals surface area (Å²) in [4.78, 5) is 8.74. The lowest BCUT2D eigenvalue weighted by molar-refractivity contribution is 0.563. The van der Waals surface area contributed by atoms with Gasteiger partial charge < -0.3 is 5.73 Å². The van der Waals surface area contributed by atoms with Crippen molar-refractivity contribution in [3.63, 3.8) is 0 Å². The predicted molar refractivity (Wildman–Crippen MR) is 76.8 cm³/mol. The number of anilines is 1. The maximum Gasteiger partial charge on any atom is 0.202 e.